The molecule has 1 atom stereocenters. The van der Waals surface area contributed by atoms with E-state index in [1.165, 1.54) is 6.92 Å². The van der Waals surface area contributed by atoms with Gasteiger partial charge in [-0.2, -0.15) is 0 Å². The van der Waals surface area contributed by atoms with Crippen molar-refractivity contribution in [2.24, 2.45) is 11.5 Å². The molecule has 0 aliphatic heterocycles. The number of hydrogen-bond acceptors (Lipinski definition) is 5. The maximum atomic E-state index is 10.8. The standard InChI is InChI=1S/C7H12N2O4/c1-4(8)7(12)13-6(11)3-2-5(9)10/h4H,2-3,8H2,1H3,(H2,9,10)/t4-/m0/s1. The molecule has 13 heavy (non-hydrogen) atoms. The summed E-state index contributed by atoms with van der Waals surface area (Å²) in [6, 6.07) is -0.850. The Morgan fingerprint density at radius 2 is 1.85 bits per heavy atom. The fraction of sp³-hybridized carbons (Fsp3) is 0.571. The Morgan fingerprint density at radius 1 is 1.31 bits per heavy atom. The van der Waals surface area contributed by atoms with Crippen LogP contribution >= 0.6 is 0 Å². The summed E-state index contributed by atoms with van der Waals surface area (Å²) in [4.78, 5) is 31.7. The van der Waals surface area contributed by atoms with Gasteiger partial charge in [0.25, 0.3) is 0 Å². The van der Waals surface area contributed by atoms with E-state index in [1.807, 2.05) is 0 Å². The summed E-state index contributed by atoms with van der Waals surface area (Å²) >= 11 is 0. The van der Waals surface area contributed by atoms with Crippen LogP contribution in [0.25, 0.3) is 0 Å². The molecule has 0 unspecified atom stereocenters. The highest BCUT2D eigenvalue weighted by atomic mass is 16.6. The molecular weight excluding hydrogens is 176 g/mol. The number of primary amides is 1. The Balaban J connectivity index is 3.75. The van der Waals surface area contributed by atoms with Gasteiger partial charge in [0.05, 0.1) is 6.42 Å². The molecule has 0 saturated carbocycles. The lowest BCUT2D eigenvalue weighted by atomic mass is 10.3. The average Bonchev–Trinajstić information content (AvgIpc) is 2.00. The first kappa shape index (κ1) is 11.6. The molecule has 0 heterocycles. The monoisotopic (exact) mass is 188 g/mol. The minimum absolute atomic E-state index is 0.134. The van der Waals surface area contributed by atoms with Gasteiger partial charge in [-0.3, -0.25) is 9.59 Å². The number of amides is 1. The summed E-state index contributed by atoms with van der Waals surface area (Å²) in [7, 11) is 0. The number of ether oxygens (including phenoxy) is 1. The summed E-state index contributed by atoms with van der Waals surface area (Å²) in [5, 5.41) is 0. The molecule has 0 aromatic carbocycles. The van der Waals surface area contributed by atoms with Crippen LogP contribution in [0.2, 0.25) is 0 Å². The van der Waals surface area contributed by atoms with Gasteiger partial charge in [-0.25, -0.2) is 4.79 Å². The van der Waals surface area contributed by atoms with E-state index in [4.69, 9.17) is 11.5 Å². The van der Waals surface area contributed by atoms with Crippen molar-refractivity contribution in [3.63, 3.8) is 0 Å². The third-order valence-electron chi connectivity index (χ3n) is 1.16. The number of rotatable bonds is 4. The molecule has 0 spiro atoms. The quantitative estimate of drug-likeness (QED) is 0.419. The van der Waals surface area contributed by atoms with Gasteiger partial charge in [-0.1, -0.05) is 0 Å². The molecule has 0 rings (SSSR count). The lowest BCUT2D eigenvalue weighted by Gasteiger charge is -2.03. The van der Waals surface area contributed by atoms with E-state index in [0.717, 1.165) is 0 Å². The highest BCUT2D eigenvalue weighted by Crippen LogP contribution is 1.93. The zero-order valence-electron chi connectivity index (χ0n) is 7.28. The number of esters is 2. The second kappa shape index (κ2) is 5.26. The van der Waals surface area contributed by atoms with Gasteiger partial charge in [0, 0.05) is 6.42 Å². The first-order valence-corrected chi connectivity index (χ1v) is 3.72. The molecule has 4 N–H and O–H groups in total. The highest BCUT2D eigenvalue weighted by molar-refractivity contribution is 5.89. The van der Waals surface area contributed by atoms with E-state index in [0.29, 0.717) is 0 Å². The normalized spacial score (nSPS) is 11.8. The summed E-state index contributed by atoms with van der Waals surface area (Å²) < 4.78 is 4.25. The molecule has 0 aliphatic carbocycles. The second-order valence-corrected chi connectivity index (χ2v) is 2.55. The van der Waals surface area contributed by atoms with Crippen LogP contribution in [-0.4, -0.2) is 23.9 Å². The molecule has 74 valence electrons. The van der Waals surface area contributed by atoms with Gasteiger partial charge in [0.1, 0.15) is 6.04 Å². The lowest BCUT2D eigenvalue weighted by molar-refractivity contribution is -0.160. The number of carbonyl (C=O) groups is 3. The Labute approximate surface area is 75.2 Å². The molecule has 0 radical (unpaired) electrons. The van der Waals surface area contributed by atoms with Crippen LogP contribution in [0.4, 0.5) is 0 Å². The smallest absolute Gasteiger partial charge is 0.330 e. The van der Waals surface area contributed by atoms with E-state index in [1.54, 1.807) is 0 Å². The zero-order chi connectivity index (χ0) is 10.4. The maximum Gasteiger partial charge on any atom is 0.330 e. The average molecular weight is 188 g/mol. The van der Waals surface area contributed by atoms with E-state index in [2.05, 4.69) is 4.74 Å². The van der Waals surface area contributed by atoms with Crippen LogP contribution < -0.4 is 11.5 Å². The van der Waals surface area contributed by atoms with Gasteiger partial charge in [-0.05, 0) is 6.92 Å². The molecule has 0 aromatic rings. The minimum atomic E-state index is -0.850. The van der Waals surface area contributed by atoms with E-state index < -0.39 is 23.9 Å². The zero-order valence-corrected chi connectivity index (χ0v) is 7.28. The fourth-order valence-electron chi connectivity index (χ4n) is 0.481. The molecule has 6 nitrogen and oxygen atoms in total. The predicted molar refractivity (Wildman–Crippen MR) is 43.2 cm³/mol. The summed E-state index contributed by atoms with van der Waals surface area (Å²) in [6.07, 6.45) is -0.334. The number of carbonyl (C=O) groups excluding carboxylic acids is 3. The van der Waals surface area contributed by atoms with Crippen molar-refractivity contribution in [1.29, 1.82) is 0 Å². The van der Waals surface area contributed by atoms with Crippen molar-refractivity contribution in [1.82, 2.24) is 0 Å². The van der Waals surface area contributed by atoms with Crippen molar-refractivity contribution in [2.45, 2.75) is 25.8 Å². The number of nitrogens with two attached hydrogens (primary N) is 2. The first-order valence-electron chi connectivity index (χ1n) is 3.72. The minimum Gasteiger partial charge on any atom is -0.392 e. The lowest BCUT2D eigenvalue weighted by Crippen LogP contribution is -2.30. The van der Waals surface area contributed by atoms with Crippen LogP contribution in [0.15, 0.2) is 0 Å². The topological polar surface area (TPSA) is 112 Å². The van der Waals surface area contributed by atoms with Gasteiger partial charge >= 0.3 is 11.9 Å². The molecule has 0 aliphatic rings. The van der Waals surface area contributed by atoms with Crippen molar-refractivity contribution < 1.29 is 19.1 Å². The molecule has 0 fully saturated rings. The highest BCUT2D eigenvalue weighted by Gasteiger charge is 2.14. The van der Waals surface area contributed by atoms with Crippen LogP contribution in [0.5, 0.6) is 0 Å². The predicted octanol–water partition coefficient (Wildman–Crippen LogP) is -1.33. The van der Waals surface area contributed by atoms with Crippen molar-refractivity contribution >= 4 is 17.8 Å². The molecule has 6 heteroatoms. The molecule has 0 bridgehead atoms. The number of hydrogen-bond donors (Lipinski definition) is 2. The third kappa shape index (κ3) is 5.80. The Kier molecular flexibility index (Phi) is 4.68. The van der Waals surface area contributed by atoms with Crippen LogP contribution in [0, 0.1) is 0 Å². The van der Waals surface area contributed by atoms with Crippen LogP contribution in [-0.2, 0) is 19.1 Å². The van der Waals surface area contributed by atoms with Crippen LogP contribution in [0.1, 0.15) is 19.8 Å². The summed E-state index contributed by atoms with van der Waals surface area (Å²) in [5.41, 5.74) is 9.90. The van der Waals surface area contributed by atoms with Crippen molar-refractivity contribution in [3.8, 4) is 0 Å². The second-order valence-electron chi connectivity index (χ2n) is 2.55. The largest absolute Gasteiger partial charge is 0.392 e. The Hall–Kier alpha value is -1.43. The van der Waals surface area contributed by atoms with E-state index in [-0.39, 0.29) is 12.8 Å². The van der Waals surface area contributed by atoms with Gasteiger partial charge in [0.15, 0.2) is 0 Å². The molecular formula is C7H12N2O4. The van der Waals surface area contributed by atoms with Crippen molar-refractivity contribution in [3.05, 3.63) is 0 Å². The van der Waals surface area contributed by atoms with E-state index >= 15 is 0 Å². The van der Waals surface area contributed by atoms with Gasteiger partial charge in [-0.15, -0.1) is 0 Å². The summed E-state index contributed by atoms with van der Waals surface area (Å²) in [5.74, 6) is -2.22. The molecule has 0 aromatic heterocycles. The van der Waals surface area contributed by atoms with Crippen LogP contribution in [0.3, 0.4) is 0 Å². The molecule has 1 amide bonds. The third-order valence-corrected chi connectivity index (χ3v) is 1.16. The molecule has 0 saturated heterocycles. The Bertz CT molecular complexity index is 225. The SMILES string of the molecule is C[C@H](N)C(=O)OC(=O)CCC(N)=O. The van der Waals surface area contributed by atoms with Crippen molar-refractivity contribution in [2.75, 3.05) is 0 Å². The van der Waals surface area contributed by atoms with Gasteiger partial charge < -0.3 is 16.2 Å². The van der Waals surface area contributed by atoms with Gasteiger partial charge in [0.2, 0.25) is 5.91 Å². The summed E-state index contributed by atoms with van der Waals surface area (Å²) in [6.45, 7) is 1.39. The Morgan fingerprint density at radius 3 is 2.23 bits per heavy atom. The maximum absolute atomic E-state index is 10.8. The van der Waals surface area contributed by atoms with E-state index in [9.17, 15) is 14.4 Å². The first-order chi connectivity index (χ1) is 5.93. The fourth-order valence-corrected chi connectivity index (χ4v) is 0.481.